The molecule has 3 heterocycles. The molecule has 1 saturated heterocycles. The molecule has 0 radical (unpaired) electrons. The molecule has 0 N–H and O–H groups in total. The van der Waals surface area contributed by atoms with Crippen LogP contribution in [0.2, 0.25) is 0 Å². The van der Waals surface area contributed by atoms with Gasteiger partial charge in [-0.3, -0.25) is 14.7 Å². The van der Waals surface area contributed by atoms with Gasteiger partial charge in [-0.2, -0.15) is 13.2 Å². The minimum absolute atomic E-state index is 0.111. The first-order chi connectivity index (χ1) is 17.2. The average molecular weight is 500 g/mol. The van der Waals surface area contributed by atoms with Crippen LogP contribution in [0.15, 0.2) is 42.6 Å². The normalized spacial score (nSPS) is 27.3. The largest absolute Gasteiger partial charge is 0.417 e. The summed E-state index contributed by atoms with van der Waals surface area (Å²) in [6, 6.07) is 12.3. The predicted molar refractivity (Wildman–Crippen MR) is 133 cm³/mol. The maximum absolute atomic E-state index is 14.0. The molecule has 5 rings (SSSR count). The first-order valence-corrected chi connectivity index (χ1v) is 13.3. The Labute approximate surface area is 211 Å². The third kappa shape index (κ3) is 4.79. The fraction of sp³-hybridized carbons (Fsp3) is 0.586. The Bertz CT molecular complexity index is 1090. The number of piperidine rings is 1. The Morgan fingerprint density at radius 1 is 1.14 bits per heavy atom. The lowest BCUT2D eigenvalue weighted by atomic mass is 9.73. The van der Waals surface area contributed by atoms with Crippen molar-refractivity contribution in [2.45, 2.75) is 77.1 Å². The van der Waals surface area contributed by atoms with Crippen LogP contribution in [0.3, 0.4) is 0 Å². The van der Waals surface area contributed by atoms with E-state index in [1.54, 1.807) is 4.90 Å². The first-order valence-electron chi connectivity index (χ1n) is 13.3. The van der Waals surface area contributed by atoms with Crippen molar-refractivity contribution in [3.63, 3.8) is 0 Å². The number of hydrogen-bond acceptors (Lipinski definition) is 3. The van der Waals surface area contributed by atoms with Crippen molar-refractivity contribution < 1.29 is 18.0 Å². The van der Waals surface area contributed by atoms with Crippen LogP contribution in [0, 0.1) is 11.3 Å². The molecule has 1 unspecified atom stereocenters. The lowest BCUT2D eigenvalue weighted by molar-refractivity contribution is -0.146. The van der Waals surface area contributed by atoms with Gasteiger partial charge in [-0.1, -0.05) is 44.2 Å². The van der Waals surface area contributed by atoms with Gasteiger partial charge in [0.2, 0.25) is 5.91 Å². The second kappa shape index (κ2) is 9.81. The standard InChI is InChI=1S/C29H36F3N3O/c1-20(2)28(27(36)35-14-11-26-23(19-35)15-24(17-33-26)29(30,31)32)12-10-25(16-28)34-13-6-9-22(18-34)21-7-4-3-5-8-21/h3-5,7-8,15,17,20,22,25H,6,9-14,16,18-19H2,1-2H3/t22?,25-,28+/m1/s1. The average Bonchev–Trinajstić information content (AvgIpc) is 3.35. The van der Waals surface area contributed by atoms with E-state index >= 15 is 0 Å². The van der Waals surface area contributed by atoms with Crippen molar-refractivity contribution in [2.75, 3.05) is 19.6 Å². The zero-order valence-corrected chi connectivity index (χ0v) is 21.2. The zero-order chi connectivity index (χ0) is 25.5. The van der Waals surface area contributed by atoms with Crippen LogP contribution in [0.1, 0.15) is 74.3 Å². The van der Waals surface area contributed by atoms with Gasteiger partial charge in [-0.05, 0) is 67.7 Å². The van der Waals surface area contributed by atoms with Gasteiger partial charge in [-0.25, -0.2) is 0 Å². The van der Waals surface area contributed by atoms with Gasteiger partial charge < -0.3 is 4.90 Å². The molecular formula is C29H36F3N3O. The Balaban J connectivity index is 1.31. The molecule has 0 bridgehead atoms. The number of amides is 1. The van der Waals surface area contributed by atoms with E-state index in [1.165, 1.54) is 18.1 Å². The van der Waals surface area contributed by atoms with Crippen LogP contribution in [0.25, 0.3) is 0 Å². The summed E-state index contributed by atoms with van der Waals surface area (Å²) in [6.07, 6.45) is 2.00. The summed E-state index contributed by atoms with van der Waals surface area (Å²) in [7, 11) is 0. The van der Waals surface area contributed by atoms with E-state index in [4.69, 9.17) is 0 Å². The topological polar surface area (TPSA) is 36.4 Å². The molecule has 0 spiro atoms. The highest BCUT2D eigenvalue weighted by Gasteiger charge is 2.51. The van der Waals surface area contributed by atoms with Gasteiger partial charge in [0.1, 0.15) is 0 Å². The summed E-state index contributed by atoms with van der Waals surface area (Å²) >= 11 is 0. The van der Waals surface area contributed by atoms with Crippen molar-refractivity contribution >= 4 is 5.91 Å². The van der Waals surface area contributed by atoms with E-state index in [2.05, 4.69) is 54.1 Å². The third-order valence-electron chi connectivity index (χ3n) is 8.95. The van der Waals surface area contributed by atoms with E-state index in [-0.39, 0.29) is 18.4 Å². The smallest absolute Gasteiger partial charge is 0.337 e. The molecule has 2 aliphatic heterocycles. The maximum atomic E-state index is 14.0. The highest BCUT2D eigenvalue weighted by molar-refractivity contribution is 5.83. The second-order valence-corrected chi connectivity index (χ2v) is 11.3. The fourth-order valence-electron chi connectivity index (χ4n) is 6.73. The molecule has 3 aliphatic rings. The number of alkyl halides is 3. The molecule has 1 amide bonds. The van der Waals surface area contributed by atoms with Crippen molar-refractivity contribution in [2.24, 2.45) is 11.3 Å². The fourth-order valence-corrected chi connectivity index (χ4v) is 6.73. The van der Waals surface area contributed by atoms with Crippen LogP contribution >= 0.6 is 0 Å². The maximum Gasteiger partial charge on any atom is 0.417 e. The number of nitrogens with zero attached hydrogens (tertiary/aromatic N) is 3. The Morgan fingerprint density at radius 3 is 2.64 bits per heavy atom. The van der Waals surface area contributed by atoms with E-state index < -0.39 is 17.2 Å². The van der Waals surface area contributed by atoms with Crippen molar-refractivity contribution in [3.05, 3.63) is 65.0 Å². The molecule has 1 aromatic carbocycles. The Kier molecular flexibility index (Phi) is 6.88. The SMILES string of the molecule is CC(C)[C@]1(C(=O)N2CCc3ncc(C(F)(F)F)cc3C2)CC[C@@H](N2CCCC(c3ccccc3)C2)C1. The molecular weight excluding hydrogens is 463 g/mol. The highest BCUT2D eigenvalue weighted by atomic mass is 19.4. The molecule has 1 saturated carbocycles. The second-order valence-electron chi connectivity index (χ2n) is 11.3. The number of aromatic nitrogens is 1. The van der Waals surface area contributed by atoms with Crippen LogP contribution in [0.4, 0.5) is 13.2 Å². The molecule has 3 atom stereocenters. The number of likely N-dealkylation sites (tertiary alicyclic amines) is 1. The van der Waals surface area contributed by atoms with Crippen molar-refractivity contribution in [1.29, 1.82) is 0 Å². The van der Waals surface area contributed by atoms with E-state index in [0.717, 1.165) is 45.0 Å². The van der Waals surface area contributed by atoms with Crippen LogP contribution < -0.4 is 0 Å². The quantitative estimate of drug-likeness (QED) is 0.513. The Hall–Kier alpha value is -2.41. The van der Waals surface area contributed by atoms with Crippen LogP contribution in [-0.2, 0) is 23.9 Å². The van der Waals surface area contributed by atoms with E-state index in [0.29, 0.717) is 36.2 Å². The molecule has 4 nitrogen and oxygen atoms in total. The summed E-state index contributed by atoms with van der Waals surface area (Å²) in [4.78, 5) is 22.5. The van der Waals surface area contributed by atoms with Gasteiger partial charge in [0.25, 0.3) is 0 Å². The molecule has 36 heavy (non-hydrogen) atoms. The summed E-state index contributed by atoms with van der Waals surface area (Å²) in [5, 5.41) is 0. The predicted octanol–water partition coefficient (Wildman–Crippen LogP) is 6.06. The number of benzene rings is 1. The lowest BCUT2D eigenvalue weighted by Gasteiger charge is -2.41. The number of hydrogen-bond donors (Lipinski definition) is 0. The minimum Gasteiger partial charge on any atom is -0.337 e. The highest BCUT2D eigenvalue weighted by Crippen LogP contribution is 2.48. The minimum atomic E-state index is -4.43. The monoisotopic (exact) mass is 499 g/mol. The Morgan fingerprint density at radius 2 is 1.92 bits per heavy atom. The molecule has 1 aliphatic carbocycles. The summed E-state index contributed by atoms with van der Waals surface area (Å²) < 4.78 is 39.8. The molecule has 1 aromatic heterocycles. The number of halogens is 3. The van der Waals surface area contributed by atoms with Crippen molar-refractivity contribution in [1.82, 2.24) is 14.8 Å². The first kappa shape index (κ1) is 25.2. The summed E-state index contributed by atoms with van der Waals surface area (Å²) in [5.74, 6) is 0.809. The molecule has 194 valence electrons. The van der Waals surface area contributed by atoms with E-state index in [9.17, 15) is 18.0 Å². The number of rotatable bonds is 4. The third-order valence-corrected chi connectivity index (χ3v) is 8.95. The number of carbonyl (C=O) groups is 1. The van der Waals surface area contributed by atoms with Crippen LogP contribution in [0.5, 0.6) is 0 Å². The van der Waals surface area contributed by atoms with Gasteiger partial charge in [0.05, 0.1) is 11.0 Å². The summed E-state index contributed by atoms with van der Waals surface area (Å²) in [5.41, 5.74) is 1.39. The van der Waals surface area contributed by atoms with Gasteiger partial charge in [-0.15, -0.1) is 0 Å². The molecule has 2 aromatic rings. The molecule has 2 fully saturated rings. The van der Waals surface area contributed by atoms with Gasteiger partial charge in [0.15, 0.2) is 0 Å². The van der Waals surface area contributed by atoms with E-state index in [1.807, 2.05) is 0 Å². The van der Waals surface area contributed by atoms with Gasteiger partial charge >= 0.3 is 6.18 Å². The van der Waals surface area contributed by atoms with Gasteiger partial charge in [0, 0.05) is 44.0 Å². The number of pyridine rings is 1. The summed E-state index contributed by atoms with van der Waals surface area (Å²) in [6.45, 7) is 7.08. The zero-order valence-electron chi connectivity index (χ0n) is 21.2. The molecule has 7 heteroatoms. The number of fused-ring (bicyclic) bond motifs is 1. The number of carbonyl (C=O) groups excluding carboxylic acids is 1. The van der Waals surface area contributed by atoms with Crippen LogP contribution in [-0.4, -0.2) is 46.4 Å². The lowest BCUT2D eigenvalue weighted by Crippen LogP contribution is -2.49. The van der Waals surface area contributed by atoms with Crippen molar-refractivity contribution in [3.8, 4) is 0 Å².